The van der Waals surface area contributed by atoms with E-state index in [4.69, 9.17) is 4.98 Å². The summed E-state index contributed by atoms with van der Waals surface area (Å²) >= 11 is 1.31. The van der Waals surface area contributed by atoms with Crippen LogP contribution in [0.2, 0.25) is 0 Å². The van der Waals surface area contributed by atoms with Crippen molar-refractivity contribution in [1.82, 2.24) is 14.9 Å². The van der Waals surface area contributed by atoms with Crippen molar-refractivity contribution in [2.75, 3.05) is 0 Å². The molecule has 0 saturated heterocycles. The zero-order valence-corrected chi connectivity index (χ0v) is 21.1. The maximum absolute atomic E-state index is 13.0. The zero-order chi connectivity index (χ0) is 24.7. The number of carbonyl (C=O) groups is 2. The molecule has 0 atom stereocenters. The minimum Gasteiger partial charge on any atom is -0.480 e. The molecule has 2 aromatic carbocycles. The molecule has 1 amide bonds. The second-order valence-electron chi connectivity index (χ2n) is 8.84. The summed E-state index contributed by atoms with van der Waals surface area (Å²) in [5, 5.41) is 12.4. The Labute approximate surface area is 205 Å². The number of carboxylic acids is 1. The second-order valence-corrected chi connectivity index (χ2v) is 10.5. The Morgan fingerprint density at radius 2 is 1.74 bits per heavy atom. The average Bonchev–Trinajstić information content (AvgIpc) is 3.15. The number of thioether (sulfide) groups is 1. The topological polar surface area (TPSA) is 84.2 Å². The van der Waals surface area contributed by atoms with Crippen LogP contribution in [0.5, 0.6) is 0 Å². The molecule has 0 fully saturated rings. The molecular formula is C27H33N3O3S. The normalized spacial score (nSPS) is 11.4. The third-order valence-electron chi connectivity index (χ3n) is 5.72. The van der Waals surface area contributed by atoms with E-state index in [2.05, 4.69) is 16.8 Å². The fraction of sp³-hybridized carbons (Fsp3) is 0.370. The molecule has 3 aromatic rings. The molecule has 1 heterocycles. The Morgan fingerprint density at radius 1 is 1.06 bits per heavy atom. The van der Waals surface area contributed by atoms with E-state index in [-0.39, 0.29) is 5.91 Å². The van der Waals surface area contributed by atoms with Gasteiger partial charge >= 0.3 is 5.97 Å². The number of carbonyl (C=O) groups excluding carboxylic acids is 1. The molecule has 7 heteroatoms. The Balaban J connectivity index is 1.86. The Morgan fingerprint density at radius 3 is 2.35 bits per heavy atom. The quantitative estimate of drug-likeness (QED) is 0.263. The molecule has 6 nitrogen and oxygen atoms in total. The fourth-order valence-electron chi connectivity index (χ4n) is 3.64. The predicted octanol–water partition coefficient (Wildman–Crippen LogP) is 5.93. The number of unbranched alkanes of at least 4 members (excludes halogenated alkanes) is 2. The van der Waals surface area contributed by atoms with Gasteiger partial charge < -0.3 is 15.0 Å². The highest BCUT2D eigenvalue weighted by Gasteiger charge is 2.28. The molecular weight excluding hydrogens is 446 g/mol. The summed E-state index contributed by atoms with van der Waals surface area (Å²) < 4.78 is 1.21. The second kappa shape index (κ2) is 11.4. The van der Waals surface area contributed by atoms with Crippen molar-refractivity contribution in [2.45, 2.75) is 69.7 Å². The maximum atomic E-state index is 13.0. The summed E-state index contributed by atoms with van der Waals surface area (Å²) in [5.41, 5.74) is 3.22. The van der Waals surface area contributed by atoms with E-state index >= 15 is 0 Å². The molecule has 180 valence electrons. The van der Waals surface area contributed by atoms with Gasteiger partial charge in [-0.25, -0.2) is 4.98 Å². The fourth-order valence-corrected chi connectivity index (χ4v) is 4.58. The van der Waals surface area contributed by atoms with Gasteiger partial charge in [-0.2, -0.15) is 0 Å². The van der Waals surface area contributed by atoms with E-state index < -0.39 is 10.7 Å². The van der Waals surface area contributed by atoms with E-state index in [1.54, 1.807) is 13.8 Å². The van der Waals surface area contributed by atoms with Crippen LogP contribution in [0.4, 0.5) is 0 Å². The number of nitrogens with one attached hydrogen (secondary N) is 1. The van der Waals surface area contributed by atoms with Crippen molar-refractivity contribution in [1.29, 1.82) is 0 Å². The first kappa shape index (κ1) is 25.6. The van der Waals surface area contributed by atoms with Gasteiger partial charge in [0.2, 0.25) is 0 Å². The van der Waals surface area contributed by atoms with Crippen LogP contribution in [0.3, 0.4) is 0 Å². The molecule has 0 unspecified atom stereocenters. The average molecular weight is 480 g/mol. The number of aromatic nitrogens is 2. The minimum absolute atomic E-state index is 0.188. The molecule has 0 bridgehead atoms. The zero-order valence-electron chi connectivity index (χ0n) is 20.3. The summed E-state index contributed by atoms with van der Waals surface area (Å²) in [5.74, 6) is -0.283. The third kappa shape index (κ3) is 6.29. The SMILES string of the molecule is CCCCCn1c(-c2ccc(SC(C)(C)C(=O)O)cc2)nc(C(=O)NCc2ccccc2)c1C. The lowest BCUT2D eigenvalue weighted by Gasteiger charge is -2.18. The summed E-state index contributed by atoms with van der Waals surface area (Å²) in [6.07, 6.45) is 3.22. The van der Waals surface area contributed by atoms with Gasteiger partial charge in [-0.05, 0) is 44.9 Å². The highest BCUT2D eigenvalue weighted by Crippen LogP contribution is 2.34. The monoisotopic (exact) mass is 479 g/mol. The molecule has 0 saturated carbocycles. The van der Waals surface area contributed by atoms with Gasteiger partial charge in [0.1, 0.15) is 16.3 Å². The van der Waals surface area contributed by atoms with Crippen molar-refractivity contribution in [3.8, 4) is 11.4 Å². The number of rotatable bonds is 11. The van der Waals surface area contributed by atoms with E-state index in [0.29, 0.717) is 12.2 Å². The molecule has 0 spiro atoms. The number of nitrogens with zero attached hydrogens (tertiary/aromatic N) is 2. The summed E-state index contributed by atoms with van der Waals surface area (Å²) in [6, 6.07) is 17.5. The van der Waals surface area contributed by atoms with E-state index in [1.807, 2.05) is 61.5 Å². The smallest absolute Gasteiger partial charge is 0.319 e. The first-order chi connectivity index (χ1) is 16.2. The van der Waals surface area contributed by atoms with Crippen LogP contribution >= 0.6 is 11.8 Å². The van der Waals surface area contributed by atoms with Crippen LogP contribution in [0, 0.1) is 6.92 Å². The number of amides is 1. The lowest BCUT2D eigenvalue weighted by Crippen LogP contribution is -2.26. The first-order valence-corrected chi connectivity index (χ1v) is 12.5. The number of aliphatic carboxylic acids is 1. The van der Waals surface area contributed by atoms with Crippen molar-refractivity contribution < 1.29 is 14.7 Å². The lowest BCUT2D eigenvalue weighted by molar-refractivity contribution is -0.138. The molecule has 1 aromatic heterocycles. The minimum atomic E-state index is -0.916. The van der Waals surface area contributed by atoms with Crippen molar-refractivity contribution >= 4 is 23.6 Å². The van der Waals surface area contributed by atoms with Gasteiger partial charge in [-0.3, -0.25) is 9.59 Å². The van der Waals surface area contributed by atoms with Crippen LogP contribution in [0.15, 0.2) is 59.5 Å². The van der Waals surface area contributed by atoms with Crippen LogP contribution < -0.4 is 5.32 Å². The van der Waals surface area contributed by atoms with Gasteiger partial charge in [-0.15, -0.1) is 11.8 Å². The maximum Gasteiger partial charge on any atom is 0.319 e. The summed E-state index contributed by atoms with van der Waals surface area (Å²) in [6.45, 7) is 8.73. The highest BCUT2D eigenvalue weighted by molar-refractivity contribution is 8.01. The van der Waals surface area contributed by atoms with Crippen molar-refractivity contribution in [3.05, 3.63) is 71.5 Å². The van der Waals surface area contributed by atoms with Crippen LogP contribution in [0.25, 0.3) is 11.4 Å². The molecule has 0 aliphatic carbocycles. The van der Waals surface area contributed by atoms with Gasteiger partial charge in [0.15, 0.2) is 0 Å². The number of hydrogen-bond donors (Lipinski definition) is 2. The standard InChI is InChI=1S/C27H33N3O3S/c1-5-6-10-17-30-19(2)23(25(31)28-18-20-11-8-7-9-12-20)29-24(30)21-13-15-22(16-14-21)34-27(3,4)26(32)33/h7-9,11-16H,5-6,10,17-18H2,1-4H3,(H,28,31)(H,32,33). The molecule has 2 N–H and O–H groups in total. The summed E-state index contributed by atoms with van der Waals surface area (Å²) in [4.78, 5) is 30.1. The first-order valence-electron chi connectivity index (χ1n) is 11.6. The van der Waals surface area contributed by atoms with Crippen molar-refractivity contribution in [2.24, 2.45) is 0 Å². The van der Waals surface area contributed by atoms with Crippen LogP contribution in [-0.4, -0.2) is 31.3 Å². The number of hydrogen-bond acceptors (Lipinski definition) is 4. The third-order valence-corrected chi connectivity index (χ3v) is 6.91. The lowest BCUT2D eigenvalue weighted by atomic mass is 10.2. The van der Waals surface area contributed by atoms with Gasteiger partial charge in [0.25, 0.3) is 5.91 Å². The number of carboxylic acid groups (broad SMARTS) is 1. The van der Waals surface area contributed by atoms with E-state index in [0.717, 1.165) is 53.3 Å². The van der Waals surface area contributed by atoms with Gasteiger partial charge in [-0.1, -0.05) is 62.2 Å². The molecule has 3 rings (SSSR count). The van der Waals surface area contributed by atoms with Crippen LogP contribution in [0.1, 0.15) is 61.8 Å². The number of imidazole rings is 1. The van der Waals surface area contributed by atoms with Gasteiger partial charge in [0.05, 0.1) is 0 Å². The van der Waals surface area contributed by atoms with Crippen LogP contribution in [-0.2, 0) is 17.9 Å². The Bertz CT molecular complexity index is 1120. The molecule has 34 heavy (non-hydrogen) atoms. The Kier molecular flexibility index (Phi) is 8.56. The molecule has 0 aliphatic rings. The number of benzene rings is 2. The molecule has 0 aliphatic heterocycles. The van der Waals surface area contributed by atoms with Crippen molar-refractivity contribution in [3.63, 3.8) is 0 Å². The predicted molar refractivity (Wildman–Crippen MR) is 137 cm³/mol. The van der Waals surface area contributed by atoms with E-state index in [9.17, 15) is 14.7 Å². The summed E-state index contributed by atoms with van der Waals surface area (Å²) in [7, 11) is 0. The Hall–Kier alpha value is -3.06. The van der Waals surface area contributed by atoms with Gasteiger partial charge in [0, 0.05) is 29.2 Å². The largest absolute Gasteiger partial charge is 0.480 e. The van der Waals surface area contributed by atoms with E-state index in [1.165, 1.54) is 11.8 Å². The highest BCUT2D eigenvalue weighted by atomic mass is 32.2. The molecule has 0 radical (unpaired) electrons.